The van der Waals surface area contributed by atoms with Gasteiger partial charge in [-0.15, -0.1) is 0 Å². The highest BCUT2D eigenvalue weighted by Crippen LogP contribution is 1.98. The standard InChI is InChI=1S/C10H11BO/c1-8(12)5-6-9-3-2-4-10(11)7-9/h2-7H,11H2,1H3/b6-5+. The average molecular weight is 158 g/mol. The Balaban J connectivity index is 2.83. The molecule has 1 aromatic carbocycles. The van der Waals surface area contributed by atoms with Crippen LogP contribution in [-0.2, 0) is 4.79 Å². The van der Waals surface area contributed by atoms with E-state index in [4.69, 9.17) is 0 Å². The van der Waals surface area contributed by atoms with Crippen molar-refractivity contribution in [2.75, 3.05) is 0 Å². The van der Waals surface area contributed by atoms with Gasteiger partial charge in [0, 0.05) is 0 Å². The van der Waals surface area contributed by atoms with Crippen molar-refractivity contribution in [3.05, 3.63) is 35.9 Å². The van der Waals surface area contributed by atoms with E-state index >= 15 is 0 Å². The first kappa shape index (κ1) is 8.79. The Morgan fingerprint density at radius 3 is 2.83 bits per heavy atom. The predicted octanol–water partition coefficient (Wildman–Crippen LogP) is 0.547. The Morgan fingerprint density at radius 2 is 2.25 bits per heavy atom. The van der Waals surface area contributed by atoms with E-state index < -0.39 is 0 Å². The number of allylic oxidation sites excluding steroid dienone is 1. The molecule has 0 fully saturated rings. The maximum absolute atomic E-state index is 10.6. The van der Waals surface area contributed by atoms with Gasteiger partial charge in [-0.05, 0) is 18.6 Å². The topological polar surface area (TPSA) is 17.1 Å². The van der Waals surface area contributed by atoms with Gasteiger partial charge in [0.25, 0.3) is 0 Å². The molecule has 12 heavy (non-hydrogen) atoms. The third kappa shape index (κ3) is 2.75. The Kier molecular flexibility index (Phi) is 2.86. The van der Waals surface area contributed by atoms with Gasteiger partial charge in [0.05, 0.1) is 0 Å². The summed E-state index contributed by atoms with van der Waals surface area (Å²) in [6.07, 6.45) is 3.41. The molecule has 60 valence electrons. The lowest BCUT2D eigenvalue weighted by molar-refractivity contribution is -0.112. The zero-order chi connectivity index (χ0) is 8.97. The molecule has 0 amide bonds. The quantitative estimate of drug-likeness (QED) is 0.453. The molecular weight excluding hydrogens is 147 g/mol. The molecule has 0 radical (unpaired) electrons. The molecule has 2 heteroatoms. The van der Waals surface area contributed by atoms with E-state index in [1.54, 1.807) is 13.0 Å². The molecule has 0 saturated carbocycles. The summed E-state index contributed by atoms with van der Waals surface area (Å²) in [5.41, 5.74) is 2.28. The molecule has 0 saturated heterocycles. The minimum atomic E-state index is 0.0801. The van der Waals surface area contributed by atoms with Crippen LogP contribution in [0.15, 0.2) is 30.3 Å². The van der Waals surface area contributed by atoms with E-state index in [-0.39, 0.29) is 5.78 Å². The Labute approximate surface area is 73.5 Å². The average Bonchev–Trinajstić information content (AvgIpc) is 2.01. The molecule has 1 rings (SSSR count). The summed E-state index contributed by atoms with van der Waals surface area (Å²) in [6, 6.07) is 8.03. The maximum atomic E-state index is 10.6. The van der Waals surface area contributed by atoms with E-state index in [9.17, 15) is 4.79 Å². The lowest BCUT2D eigenvalue weighted by Crippen LogP contribution is -2.00. The zero-order valence-corrected chi connectivity index (χ0v) is 7.37. The Hall–Kier alpha value is -1.31. The van der Waals surface area contributed by atoms with E-state index in [1.165, 1.54) is 5.46 Å². The minimum Gasteiger partial charge on any atom is -0.295 e. The molecule has 0 aliphatic heterocycles. The first-order chi connectivity index (χ1) is 5.68. The fourth-order valence-corrected chi connectivity index (χ4v) is 0.987. The van der Waals surface area contributed by atoms with Crippen molar-refractivity contribution in [2.45, 2.75) is 6.92 Å². The molecule has 0 spiro atoms. The SMILES string of the molecule is Bc1cccc(/C=C/C(C)=O)c1. The summed E-state index contributed by atoms with van der Waals surface area (Å²) in [6.45, 7) is 1.55. The molecule has 0 N–H and O–H groups in total. The van der Waals surface area contributed by atoms with E-state index in [1.807, 2.05) is 38.2 Å². The van der Waals surface area contributed by atoms with Gasteiger partial charge in [-0.3, -0.25) is 4.79 Å². The van der Waals surface area contributed by atoms with Crippen LogP contribution in [0.25, 0.3) is 6.08 Å². The van der Waals surface area contributed by atoms with Gasteiger partial charge in [-0.1, -0.05) is 35.8 Å². The minimum absolute atomic E-state index is 0.0801. The van der Waals surface area contributed by atoms with Gasteiger partial charge in [-0.25, -0.2) is 0 Å². The van der Waals surface area contributed by atoms with Crippen LogP contribution in [0, 0.1) is 0 Å². The van der Waals surface area contributed by atoms with Crippen LogP contribution in [0.5, 0.6) is 0 Å². The molecule has 0 atom stereocenters. The molecular formula is C10H11BO. The monoisotopic (exact) mass is 158 g/mol. The Bertz CT molecular complexity index is 315. The van der Waals surface area contributed by atoms with Gasteiger partial charge < -0.3 is 0 Å². The van der Waals surface area contributed by atoms with Crippen LogP contribution in [-0.4, -0.2) is 13.6 Å². The Morgan fingerprint density at radius 1 is 1.50 bits per heavy atom. The van der Waals surface area contributed by atoms with Crippen LogP contribution >= 0.6 is 0 Å². The van der Waals surface area contributed by atoms with Crippen LogP contribution in [0.3, 0.4) is 0 Å². The number of ketones is 1. The third-order valence-electron chi connectivity index (χ3n) is 1.55. The molecule has 1 aromatic rings. The highest BCUT2D eigenvalue weighted by Gasteiger charge is 1.87. The fourth-order valence-electron chi connectivity index (χ4n) is 0.987. The summed E-state index contributed by atoms with van der Waals surface area (Å²) in [5.74, 6) is 0.0801. The summed E-state index contributed by atoms with van der Waals surface area (Å²) in [7, 11) is 2.03. The number of hydrogen-bond acceptors (Lipinski definition) is 1. The molecule has 1 nitrogen and oxygen atoms in total. The molecule has 0 unspecified atom stereocenters. The van der Waals surface area contributed by atoms with Crippen molar-refractivity contribution in [3.8, 4) is 0 Å². The van der Waals surface area contributed by atoms with Crippen LogP contribution in [0.1, 0.15) is 12.5 Å². The van der Waals surface area contributed by atoms with Crippen molar-refractivity contribution >= 4 is 25.2 Å². The van der Waals surface area contributed by atoms with Crippen molar-refractivity contribution in [3.63, 3.8) is 0 Å². The number of benzene rings is 1. The van der Waals surface area contributed by atoms with Crippen LogP contribution in [0.2, 0.25) is 0 Å². The number of rotatable bonds is 2. The second kappa shape index (κ2) is 3.91. The molecule has 0 bridgehead atoms. The lowest BCUT2D eigenvalue weighted by atomic mass is 9.94. The molecule has 0 heterocycles. The van der Waals surface area contributed by atoms with Crippen LogP contribution < -0.4 is 5.46 Å². The normalized spacial score (nSPS) is 10.4. The van der Waals surface area contributed by atoms with Gasteiger partial charge in [0.15, 0.2) is 5.78 Å². The first-order valence-electron chi connectivity index (χ1n) is 3.94. The van der Waals surface area contributed by atoms with Crippen molar-refractivity contribution in [2.24, 2.45) is 0 Å². The summed E-state index contributed by atoms with van der Waals surface area (Å²) in [4.78, 5) is 10.6. The number of hydrogen-bond donors (Lipinski definition) is 0. The maximum Gasteiger partial charge on any atom is 0.152 e. The predicted molar refractivity (Wildman–Crippen MR) is 54.3 cm³/mol. The molecule has 0 aromatic heterocycles. The second-order valence-corrected chi connectivity index (χ2v) is 2.86. The smallest absolute Gasteiger partial charge is 0.152 e. The van der Waals surface area contributed by atoms with E-state index in [2.05, 4.69) is 0 Å². The van der Waals surface area contributed by atoms with Gasteiger partial charge >= 0.3 is 0 Å². The van der Waals surface area contributed by atoms with Crippen molar-refractivity contribution in [1.29, 1.82) is 0 Å². The van der Waals surface area contributed by atoms with Gasteiger partial charge in [0.1, 0.15) is 7.85 Å². The van der Waals surface area contributed by atoms with E-state index in [0.29, 0.717) is 0 Å². The zero-order valence-electron chi connectivity index (χ0n) is 7.37. The second-order valence-electron chi connectivity index (χ2n) is 2.86. The third-order valence-corrected chi connectivity index (χ3v) is 1.55. The number of carbonyl (C=O) groups is 1. The first-order valence-corrected chi connectivity index (χ1v) is 3.94. The van der Waals surface area contributed by atoms with Crippen LogP contribution in [0.4, 0.5) is 0 Å². The van der Waals surface area contributed by atoms with Crippen molar-refractivity contribution < 1.29 is 4.79 Å². The largest absolute Gasteiger partial charge is 0.295 e. The highest BCUT2D eigenvalue weighted by molar-refractivity contribution is 6.32. The molecule has 0 aliphatic carbocycles. The fraction of sp³-hybridized carbons (Fsp3) is 0.100. The lowest BCUT2D eigenvalue weighted by Gasteiger charge is -1.93. The molecule has 0 aliphatic rings. The summed E-state index contributed by atoms with van der Waals surface area (Å²) in [5, 5.41) is 0. The van der Waals surface area contributed by atoms with Gasteiger partial charge in [0.2, 0.25) is 0 Å². The summed E-state index contributed by atoms with van der Waals surface area (Å²) >= 11 is 0. The van der Waals surface area contributed by atoms with Crippen molar-refractivity contribution in [1.82, 2.24) is 0 Å². The van der Waals surface area contributed by atoms with Gasteiger partial charge in [-0.2, -0.15) is 0 Å². The highest BCUT2D eigenvalue weighted by atomic mass is 16.1. The van der Waals surface area contributed by atoms with E-state index in [0.717, 1.165) is 5.56 Å². The number of carbonyl (C=O) groups excluding carboxylic acids is 1. The summed E-state index contributed by atoms with van der Waals surface area (Å²) < 4.78 is 0.